The lowest BCUT2D eigenvalue weighted by Gasteiger charge is -2.17. The van der Waals surface area contributed by atoms with Crippen LogP contribution in [-0.2, 0) is 17.3 Å². The van der Waals surface area contributed by atoms with Crippen molar-refractivity contribution in [3.8, 4) is 0 Å². The van der Waals surface area contributed by atoms with Crippen LogP contribution in [0.25, 0.3) is 0 Å². The second kappa shape index (κ2) is 5.76. The molecule has 0 aromatic carbocycles. The van der Waals surface area contributed by atoms with Crippen molar-refractivity contribution in [2.24, 2.45) is 0 Å². The number of hydrogen-bond acceptors (Lipinski definition) is 4. The van der Waals surface area contributed by atoms with E-state index in [1.165, 1.54) is 0 Å². The maximum atomic E-state index is 4.74. The van der Waals surface area contributed by atoms with E-state index in [2.05, 4.69) is 67.8 Å². The van der Waals surface area contributed by atoms with Crippen molar-refractivity contribution in [2.45, 2.75) is 58.8 Å². The van der Waals surface area contributed by atoms with E-state index in [-0.39, 0.29) is 10.8 Å². The fourth-order valence-electron chi connectivity index (χ4n) is 1.78. The average Bonchev–Trinajstić information content (AvgIpc) is 2.75. The van der Waals surface area contributed by atoms with Crippen LogP contribution < -0.4 is 0 Å². The van der Waals surface area contributed by atoms with Crippen LogP contribution in [0.1, 0.15) is 63.8 Å². The predicted octanol–water partition coefficient (Wildman–Crippen LogP) is 4.88. The Labute approximate surface area is 139 Å². The molecule has 2 aromatic rings. The van der Waals surface area contributed by atoms with Gasteiger partial charge in [0.15, 0.2) is 0 Å². The molecular weight excluding hydrogens is 346 g/mol. The van der Waals surface area contributed by atoms with Gasteiger partial charge < -0.3 is 0 Å². The van der Waals surface area contributed by atoms with Gasteiger partial charge in [0.2, 0.25) is 0 Å². The van der Waals surface area contributed by atoms with Crippen LogP contribution in [0.3, 0.4) is 0 Å². The third-order valence-corrected chi connectivity index (χ3v) is 4.33. The molecule has 2 heterocycles. The Morgan fingerprint density at radius 3 is 2.19 bits per heavy atom. The van der Waals surface area contributed by atoms with Crippen LogP contribution >= 0.6 is 27.3 Å². The number of halogens is 1. The largest absolute Gasteiger partial charge is 0.245 e. The Bertz CT molecular complexity index is 636. The maximum Gasteiger partial charge on any atom is 0.135 e. The molecule has 2 aromatic heterocycles. The quantitative estimate of drug-likeness (QED) is 0.709. The third-order valence-electron chi connectivity index (χ3n) is 3.07. The first-order valence-corrected chi connectivity index (χ1v) is 8.72. The lowest BCUT2D eigenvalue weighted by molar-refractivity contribution is 0.540. The summed E-state index contributed by atoms with van der Waals surface area (Å²) in [6.45, 7) is 12.9. The molecule has 0 N–H and O–H groups in total. The Balaban J connectivity index is 2.28. The first kappa shape index (κ1) is 16.6. The zero-order valence-corrected chi connectivity index (χ0v) is 15.9. The molecule has 5 heteroatoms. The SMILES string of the molecule is CC(C)(C)c1csc(Cc2cc(Br)nc(C(C)(C)C)n2)n1. The second-order valence-corrected chi connectivity index (χ2v) is 9.06. The Morgan fingerprint density at radius 2 is 1.67 bits per heavy atom. The van der Waals surface area contributed by atoms with E-state index < -0.39 is 0 Å². The number of hydrogen-bond donors (Lipinski definition) is 0. The summed E-state index contributed by atoms with van der Waals surface area (Å²) >= 11 is 5.19. The lowest BCUT2D eigenvalue weighted by atomic mass is 9.93. The van der Waals surface area contributed by atoms with Crippen molar-refractivity contribution in [1.29, 1.82) is 0 Å². The fraction of sp³-hybridized carbons (Fsp3) is 0.562. The summed E-state index contributed by atoms with van der Waals surface area (Å²) in [5, 5.41) is 3.25. The van der Waals surface area contributed by atoms with Crippen LogP contribution in [-0.4, -0.2) is 15.0 Å². The van der Waals surface area contributed by atoms with Gasteiger partial charge in [-0.3, -0.25) is 0 Å². The summed E-state index contributed by atoms with van der Waals surface area (Å²) in [6, 6.07) is 1.98. The highest BCUT2D eigenvalue weighted by atomic mass is 79.9. The minimum absolute atomic E-state index is 0.0576. The smallest absolute Gasteiger partial charge is 0.135 e. The van der Waals surface area contributed by atoms with Crippen molar-refractivity contribution in [2.75, 3.05) is 0 Å². The zero-order chi connectivity index (χ0) is 15.8. The standard InChI is InChI=1S/C16H22BrN3S/c1-15(2,3)11-9-21-13(19-11)8-10-7-12(17)20-14(18-10)16(4,5)6/h7,9H,8H2,1-6H3. The van der Waals surface area contributed by atoms with E-state index in [1.807, 2.05) is 6.07 Å². The molecule has 0 radical (unpaired) electrons. The molecular formula is C16H22BrN3S. The molecule has 0 bridgehead atoms. The van der Waals surface area contributed by atoms with Crippen LogP contribution in [0.5, 0.6) is 0 Å². The van der Waals surface area contributed by atoms with Crippen molar-refractivity contribution in [1.82, 2.24) is 15.0 Å². The van der Waals surface area contributed by atoms with Crippen molar-refractivity contribution < 1.29 is 0 Å². The molecule has 0 amide bonds. The van der Waals surface area contributed by atoms with Crippen molar-refractivity contribution in [3.63, 3.8) is 0 Å². The molecule has 0 unspecified atom stereocenters. The molecule has 0 fully saturated rings. The predicted molar refractivity (Wildman–Crippen MR) is 92.1 cm³/mol. The van der Waals surface area contributed by atoms with Gasteiger partial charge in [0.05, 0.1) is 16.4 Å². The molecule has 0 spiro atoms. The van der Waals surface area contributed by atoms with Crippen LogP contribution in [0.15, 0.2) is 16.0 Å². The molecule has 0 aliphatic carbocycles. The second-order valence-electron chi connectivity index (χ2n) is 7.31. The van der Waals surface area contributed by atoms with E-state index in [9.17, 15) is 0 Å². The summed E-state index contributed by atoms with van der Waals surface area (Å²) in [4.78, 5) is 13.9. The fourth-order valence-corrected chi connectivity index (χ4v) is 3.25. The molecule has 21 heavy (non-hydrogen) atoms. The minimum Gasteiger partial charge on any atom is -0.245 e. The van der Waals surface area contributed by atoms with E-state index >= 15 is 0 Å². The molecule has 0 aliphatic heterocycles. The molecule has 2 rings (SSSR count). The monoisotopic (exact) mass is 367 g/mol. The number of aromatic nitrogens is 3. The first-order valence-electron chi connectivity index (χ1n) is 7.04. The van der Waals surface area contributed by atoms with Gasteiger partial charge in [0.25, 0.3) is 0 Å². The Morgan fingerprint density at radius 1 is 1.00 bits per heavy atom. The Kier molecular flexibility index (Phi) is 4.54. The summed E-state index contributed by atoms with van der Waals surface area (Å²) < 4.78 is 0.838. The van der Waals surface area contributed by atoms with E-state index in [0.29, 0.717) is 0 Å². The molecule has 3 nitrogen and oxygen atoms in total. The maximum absolute atomic E-state index is 4.74. The van der Waals surface area contributed by atoms with Gasteiger partial charge in [-0.15, -0.1) is 11.3 Å². The van der Waals surface area contributed by atoms with Crippen LogP contribution in [0.2, 0.25) is 0 Å². The van der Waals surface area contributed by atoms with Gasteiger partial charge in [0.1, 0.15) is 10.4 Å². The van der Waals surface area contributed by atoms with Gasteiger partial charge >= 0.3 is 0 Å². The molecule has 0 saturated carbocycles. The van der Waals surface area contributed by atoms with Crippen LogP contribution in [0.4, 0.5) is 0 Å². The van der Waals surface area contributed by atoms with Gasteiger partial charge in [-0.1, -0.05) is 41.5 Å². The zero-order valence-electron chi connectivity index (χ0n) is 13.5. The van der Waals surface area contributed by atoms with E-state index in [1.54, 1.807) is 11.3 Å². The molecule has 0 aliphatic rings. The third kappa shape index (κ3) is 4.33. The Hall–Kier alpha value is -0.810. The average molecular weight is 368 g/mol. The van der Waals surface area contributed by atoms with Gasteiger partial charge in [-0.05, 0) is 22.0 Å². The highest BCUT2D eigenvalue weighted by Gasteiger charge is 2.20. The van der Waals surface area contributed by atoms with E-state index in [0.717, 1.165) is 33.2 Å². The highest BCUT2D eigenvalue weighted by Crippen LogP contribution is 2.26. The van der Waals surface area contributed by atoms with Crippen molar-refractivity contribution >= 4 is 27.3 Å². The van der Waals surface area contributed by atoms with Crippen molar-refractivity contribution in [3.05, 3.63) is 38.3 Å². The van der Waals surface area contributed by atoms with Crippen LogP contribution in [0, 0.1) is 0 Å². The molecule has 0 saturated heterocycles. The lowest BCUT2D eigenvalue weighted by Crippen LogP contribution is -2.17. The summed E-state index contributed by atoms with van der Waals surface area (Å²) in [6.07, 6.45) is 0.755. The summed E-state index contributed by atoms with van der Waals surface area (Å²) in [5.74, 6) is 0.861. The van der Waals surface area contributed by atoms with Gasteiger partial charge in [0, 0.05) is 22.6 Å². The van der Waals surface area contributed by atoms with Gasteiger partial charge in [-0.2, -0.15) is 0 Å². The van der Waals surface area contributed by atoms with Gasteiger partial charge in [-0.25, -0.2) is 15.0 Å². The topological polar surface area (TPSA) is 38.7 Å². The number of rotatable bonds is 2. The summed E-state index contributed by atoms with van der Waals surface area (Å²) in [7, 11) is 0. The number of thiazole rings is 1. The highest BCUT2D eigenvalue weighted by molar-refractivity contribution is 9.10. The number of nitrogens with zero attached hydrogens (tertiary/aromatic N) is 3. The van der Waals surface area contributed by atoms with E-state index in [4.69, 9.17) is 9.97 Å². The normalized spacial score (nSPS) is 12.7. The first-order chi connectivity index (χ1) is 9.55. The molecule has 0 atom stereocenters. The molecule has 114 valence electrons. The summed E-state index contributed by atoms with van der Waals surface area (Å²) in [5.41, 5.74) is 2.19. The minimum atomic E-state index is -0.0576.